The molecule has 0 saturated heterocycles. The summed E-state index contributed by atoms with van der Waals surface area (Å²) in [5, 5.41) is 3.05. The Labute approximate surface area is 115 Å². The topological polar surface area (TPSA) is 21.3 Å². The lowest BCUT2D eigenvalue weighted by Crippen LogP contribution is -2.17. The lowest BCUT2D eigenvalue weighted by molar-refractivity contribution is 0.192. The molecule has 102 valence electrons. The van der Waals surface area contributed by atoms with E-state index in [1.54, 1.807) is 7.11 Å². The summed E-state index contributed by atoms with van der Waals surface area (Å²) in [5.41, 5.74) is 0.0845. The second-order valence-electron chi connectivity index (χ2n) is 4.05. The highest BCUT2D eigenvalue weighted by Crippen LogP contribution is 2.21. The zero-order valence-electron chi connectivity index (χ0n) is 10.4. The Morgan fingerprint density at radius 1 is 1.22 bits per heavy atom. The van der Waals surface area contributed by atoms with Gasteiger partial charge in [0.1, 0.15) is 11.6 Å². The Morgan fingerprint density at radius 3 is 2.72 bits per heavy atom. The molecule has 18 heavy (non-hydrogen) atoms. The zero-order valence-corrected chi connectivity index (χ0v) is 12.0. The largest absolute Gasteiger partial charge is 0.385 e. The van der Waals surface area contributed by atoms with Gasteiger partial charge in [-0.2, -0.15) is 0 Å². The van der Waals surface area contributed by atoms with Crippen LogP contribution < -0.4 is 5.32 Å². The van der Waals surface area contributed by atoms with Crippen LogP contribution in [0.25, 0.3) is 0 Å². The highest BCUT2D eigenvalue weighted by atomic mass is 79.9. The number of halogens is 3. The molecule has 0 bridgehead atoms. The van der Waals surface area contributed by atoms with Crippen molar-refractivity contribution in [3.63, 3.8) is 0 Å². The van der Waals surface area contributed by atoms with Gasteiger partial charge in [0.2, 0.25) is 0 Å². The third-order valence-corrected chi connectivity index (χ3v) is 3.26. The van der Waals surface area contributed by atoms with Gasteiger partial charge in [0.15, 0.2) is 0 Å². The summed E-state index contributed by atoms with van der Waals surface area (Å²) >= 11 is 3.05. The Kier molecular flexibility index (Phi) is 7.39. The number of hydrogen-bond acceptors (Lipinski definition) is 2. The molecule has 0 saturated carbocycles. The van der Waals surface area contributed by atoms with Gasteiger partial charge in [0.05, 0.1) is 4.47 Å². The van der Waals surface area contributed by atoms with Gasteiger partial charge < -0.3 is 10.1 Å². The monoisotopic (exact) mass is 321 g/mol. The average molecular weight is 322 g/mol. The second kappa shape index (κ2) is 8.56. The number of ether oxygens (including phenoxy) is 1. The van der Waals surface area contributed by atoms with Crippen LogP contribution in [0, 0.1) is 11.6 Å². The zero-order chi connectivity index (χ0) is 13.4. The molecule has 0 fully saturated rings. The minimum atomic E-state index is -0.526. The van der Waals surface area contributed by atoms with Gasteiger partial charge in [-0.15, -0.1) is 0 Å². The minimum absolute atomic E-state index is 0.0845. The van der Waals surface area contributed by atoms with E-state index >= 15 is 0 Å². The number of nitrogens with one attached hydrogen (secondary N) is 1. The van der Waals surface area contributed by atoms with Crippen LogP contribution in [0.2, 0.25) is 0 Å². The number of benzene rings is 1. The summed E-state index contributed by atoms with van der Waals surface area (Å²) in [6, 6.07) is 2.64. The Bertz CT molecular complexity index is 374. The molecule has 1 rings (SSSR count). The highest BCUT2D eigenvalue weighted by molar-refractivity contribution is 9.10. The van der Waals surface area contributed by atoms with Gasteiger partial charge in [-0.3, -0.25) is 0 Å². The quantitative estimate of drug-likeness (QED) is 0.583. The lowest BCUT2D eigenvalue weighted by Gasteiger charge is -2.08. The summed E-state index contributed by atoms with van der Waals surface area (Å²) in [4.78, 5) is 0. The third kappa shape index (κ3) is 5.00. The molecule has 0 spiro atoms. The highest BCUT2D eigenvalue weighted by Gasteiger charge is 2.11. The van der Waals surface area contributed by atoms with Crippen molar-refractivity contribution in [1.29, 1.82) is 0 Å². The van der Waals surface area contributed by atoms with Crippen LogP contribution in [-0.4, -0.2) is 20.3 Å². The maximum atomic E-state index is 13.6. The van der Waals surface area contributed by atoms with Crippen LogP contribution in [-0.2, 0) is 11.3 Å². The number of hydrogen-bond donors (Lipinski definition) is 1. The predicted molar refractivity (Wildman–Crippen MR) is 71.5 cm³/mol. The molecule has 0 radical (unpaired) electrons. The first-order valence-electron chi connectivity index (χ1n) is 5.99. The summed E-state index contributed by atoms with van der Waals surface area (Å²) < 4.78 is 32.2. The maximum absolute atomic E-state index is 13.6. The molecule has 0 aliphatic carbocycles. The summed E-state index contributed by atoms with van der Waals surface area (Å²) in [6.07, 6.45) is 3.03. The van der Waals surface area contributed by atoms with Gasteiger partial charge in [-0.1, -0.05) is 0 Å². The van der Waals surface area contributed by atoms with E-state index < -0.39 is 11.6 Å². The number of methoxy groups -OCH3 is 1. The van der Waals surface area contributed by atoms with Crippen LogP contribution in [0.1, 0.15) is 24.8 Å². The van der Waals surface area contributed by atoms with Crippen LogP contribution in [0.15, 0.2) is 16.6 Å². The Balaban J connectivity index is 2.29. The molecule has 0 aliphatic rings. The van der Waals surface area contributed by atoms with Gasteiger partial charge in [-0.25, -0.2) is 8.78 Å². The molecule has 0 amide bonds. The lowest BCUT2D eigenvalue weighted by atomic mass is 10.2. The molecule has 5 heteroatoms. The first-order chi connectivity index (χ1) is 8.66. The van der Waals surface area contributed by atoms with Gasteiger partial charge in [0, 0.05) is 25.8 Å². The van der Waals surface area contributed by atoms with Gasteiger partial charge in [0.25, 0.3) is 0 Å². The van der Waals surface area contributed by atoms with Crippen molar-refractivity contribution >= 4 is 15.9 Å². The normalized spacial score (nSPS) is 10.9. The van der Waals surface area contributed by atoms with Crippen molar-refractivity contribution in [3.05, 3.63) is 33.8 Å². The van der Waals surface area contributed by atoms with E-state index in [0.717, 1.165) is 32.4 Å². The van der Waals surface area contributed by atoms with Crippen LogP contribution in [0.3, 0.4) is 0 Å². The van der Waals surface area contributed by atoms with E-state index in [9.17, 15) is 8.78 Å². The molecule has 1 N–H and O–H groups in total. The number of unbranched alkanes of at least 4 members (excludes halogenated alkanes) is 2. The van der Waals surface area contributed by atoms with E-state index in [2.05, 4.69) is 21.2 Å². The predicted octanol–water partition coefficient (Wildman–Crippen LogP) is 3.63. The van der Waals surface area contributed by atoms with Gasteiger partial charge >= 0.3 is 0 Å². The summed E-state index contributed by atoms with van der Waals surface area (Å²) in [6.45, 7) is 1.71. The average Bonchev–Trinajstić information content (AvgIpc) is 2.36. The fourth-order valence-electron chi connectivity index (χ4n) is 1.62. The van der Waals surface area contributed by atoms with Crippen molar-refractivity contribution in [1.82, 2.24) is 5.32 Å². The van der Waals surface area contributed by atoms with Crippen molar-refractivity contribution in [2.45, 2.75) is 25.8 Å². The first-order valence-corrected chi connectivity index (χ1v) is 6.78. The Morgan fingerprint density at radius 2 is 2.00 bits per heavy atom. The number of rotatable bonds is 8. The standard InChI is InChI=1S/C13H18BrF2NO/c1-18-8-4-2-3-7-17-9-10-12(15)6-5-11(14)13(10)16/h5-6,17H,2-4,7-9H2,1H3. The third-order valence-electron chi connectivity index (χ3n) is 2.64. The summed E-state index contributed by atoms with van der Waals surface area (Å²) in [7, 11) is 1.68. The van der Waals surface area contributed by atoms with Crippen LogP contribution in [0.5, 0.6) is 0 Å². The van der Waals surface area contributed by atoms with E-state index in [1.807, 2.05) is 0 Å². The van der Waals surface area contributed by atoms with Crippen molar-refractivity contribution in [2.75, 3.05) is 20.3 Å². The second-order valence-corrected chi connectivity index (χ2v) is 4.91. The molecule has 0 aliphatic heterocycles. The molecule has 0 heterocycles. The van der Waals surface area contributed by atoms with Crippen molar-refractivity contribution in [2.24, 2.45) is 0 Å². The molecule has 0 aromatic heterocycles. The summed E-state index contributed by atoms with van der Waals surface area (Å²) in [5.74, 6) is -1.04. The Hall–Kier alpha value is -0.520. The fourth-order valence-corrected chi connectivity index (χ4v) is 1.99. The maximum Gasteiger partial charge on any atom is 0.144 e. The molecule has 0 unspecified atom stereocenters. The molecule has 1 aromatic carbocycles. The van der Waals surface area contributed by atoms with Crippen molar-refractivity contribution in [3.8, 4) is 0 Å². The van der Waals surface area contributed by atoms with E-state index in [0.29, 0.717) is 4.47 Å². The molecular weight excluding hydrogens is 304 g/mol. The first kappa shape index (κ1) is 15.5. The van der Waals surface area contributed by atoms with E-state index in [4.69, 9.17) is 4.74 Å². The van der Waals surface area contributed by atoms with E-state index in [-0.39, 0.29) is 12.1 Å². The molecule has 2 nitrogen and oxygen atoms in total. The smallest absolute Gasteiger partial charge is 0.144 e. The van der Waals surface area contributed by atoms with E-state index in [1.165, 1.54) is 12.1 Å². The minimum Gasteiger partial charge on any atom is -0.385 e. The SMILES string of the molecule is COCCCCCNCc1c(F)ccc(Br)c1F. The van der Waals surface area contributed by atoms with Gasteiger partial charge in [-0.05, 0) is 53.9 Å². The molecule has 0 atom stereocenters. The molecule has 1 aromatic rings. The van der Waals surface area contributed by atoms with Crippen molar-refractivity contribution < 1.29 is 13.5 Å². The fraction of sp³-hybridized carbons (Fsp3) is 0.538. The molecular formula is C13H18BrF2NO. The van der Waals surface area contributed by atoms with Crippen LogP contribution >= 0.6 is 15.9 Å². The van der Waals surface area contributed by atoms with Crippen LogP contribution in [0.4, 0.5) is 8.78 Å².